The molecular formula is C16H20N2O3. The molecule has 0 aliphatic rings. The van der Waals surface area contributed by atoms with E-state index in [-0.39, 0.29) is 23.6 Å². The van der Waals surface area contributed by atoms with Crippen LogP contribution in [0.2, 0.25) is 0 Å². The van der Waals surface area contributed by atoms with Gasteiger partial charge in [0.15, 0.2) is 0 Å². The minimum absolute atomic E-state index is 0.0671. The van der Waals surface area contributed by atoms with Gasteiger partial charge in [0.2, 0.25) is 5.91 Å². The Balaban J connectivity index is 2.37. The lowest BCUT2D eigenvalue weighted by Crippen LogP contribution is -2.36. The first-order valence-corrected chi connectivity index (χ1v) is 7.09. The molecule has 112 valence electrons. The molecular weight excluding hydrogens is 268 g/mol. The van der Waals surface area contributed by atoms with Crippen LogP contribution in [0.3, 0.4) is 0 Å². The zero-order chi connectivity index (χ0) is 15.6. The van der Waals surface area contributed by atoms with Gasteiger partial charge in [-0.15, -0.1) is 0 Å². The molecule has 1 heterocycles. The summed E-state index contributed by atoms with van der Waals surface area (Å²) in [5, 5.41) is 12.8. The van der Waals surface area contributed by atoms with Crippen molar-refractivity contribution in [1.29, 1.82) is 0 Å². The van der Waals surface area contributed by atoms with Crippen LogP contribution >= 0.6 is 0 Å². The number of fused-ring (bicyclic) bond motifs is 1. The predicted octanol–water partition coefficient (Wildman–Crippen LogP) is 2.82. The van der Waals surface area contributed by atoms with Crippen LogP contribution in [0.15, 0.2) is 30.5 Å². The first-order chi connectivity index (χ1) is 9.95. The van der Waals surface area contributed by atoms with Gasteiger partial charge in [-0.3, -0.25) is 4.79 Å². The molecule has 2 atom stereocenters. The van der Waals surface area contributed by atoms with Gasteiger partial charge in [0, 0.05) is 23.1 Å². The second-order valence-corrected chi connectivity index (χ2v) is 5.26. The normalized spacial score (nSPS) is 13.9. The largest absolute Gasteiger partial charge is 0.478 e. The molecule has 1 amide bonds. The fourth-order valence-corrected chi connectivity index (χ4v) is 2.30. The number of amides is 1. The van der Waals surface area contributed by atoms with Crippen molar-refractivity contribution in [2.45, 2.75) is 39.3 Å². The molecule has 1 aromatic heterocycles. The smallest absolute Gasteiger partial charge is 0.336 e. The van der Waals surface area contributed by atoms with Gasteiger partial charge in [0.05, 0.1) is 5.56 Å². The summed E-state index contributed by atoms with van der Waals surface area (Å²) in [6.45, 7) is 5.78. The predicted molar refractivity (Wildman–Crippen MR) is 81.5 cm³/mol. The molecule has 0 bridgehead atoms. The second kappa shape index (κ2) is 5.99. The fraction of sp³-hybridized carbons (Fsp3) is 0.375. The molecule has 2 N–H and O–H groups in total. The number of carboxylic acid groups (broad SMARTS) is 1. The summed E-state index contributed by atoms with van der Waals surface area (Å²) in [4.78, 5) is 23.4. The Morgan fingerprint density at radius 3 is 2.62 bits per heavy atom. The number of aromatic nitrogens is 1. The van der Waals surface area contributed by atoms with E-state index in [9.17, 15) is 14.7 Å². The van der Waals surface area contributed by atoms with Crippen molar-refractivity contribution in [2.24, 2.45) is 0 Å². The number of carboxylic acids is 1. The number of benzene rings is 1. The molecule has 1 aromatic carbocycles. The summed E-state index contributed by atoms with van der Waals surface area (Å²) in [7, 11) is 0. The van der Waals surface area contributed by atoms with Gasteiger partial charge in [-0.2, -0.15) is 0 Å². The highest BCUT2D eigenvalue weighted by molar-refractivity contribution is 6.03. The van der Waals surface area contributed by atoms with Crippen molar-refractivity contribution < 1.29 is 14.7 Å². The molecule has 0 aliphatic carbocycles. The van der Waals surface area contributed by atoms with Crippen LogP contribution in [0.5, 0.6) is 0 Å². The third-order valence-electron chi connectivity index (χ3n) is 3.79. The van der Waals surface area contributed by atoms with Crippen LogP contribution in [-0.2, 0) is 4.79 Å². The van der Waals surface area contributed by atoms with Gasteiger partial charge in [0.1, 0.15) is 6.04 Å². The number of carbonyl (C=O) groups is 2. The number of carbonyl (C=O) groups excluding carboxylic acids is 1. The van der Waals surface area contributed by atoms with Crippen LogP contribution in [0.25, 0.3) is 10.9 Å². The fourth-order valence-electron chi connectivity index (χ4n) is 2.30. The van der Waals surface area contributed by atoms with Gasteiger partial charge in [-0.05, 0) is 38.5 Å². The van der Waals surface area contributed by atoms with Crippen LogP contribution < -0.4 is 5.32 Å². The molecule has 0 fully saturated rings. The van der Waals surface area contributed by atoms with E-state index in [4.69, 9.17) is 0 Å². The van der Waals surface area contributed by atoms with Gasteiger partial charge >= 0.3 is 5.97 Å². The average molecular weight is 288 g/mol. The van der Waals surface area contributed by atoms with E-state index >= 15 is 0 Å². The van der Waals surface area contributed by atoms with E-state index in [1.54, 1.807) is 29.0 Å². The first kappa shape index (κ1) is 15.1. The summed E-state index contributed by atoms with van der Waals surface area (Å²) in [6, 6.07) is 6.57. The summed E-state index contributed by atoms with van der Waals surface area (Å²) in [5.74, 6) is -1.03. The van der Waals surface area contributed by atoms with Crippen LogP contribution in [0.4, 0.5) is 0 Å². The summed E-state index contributed by atoms with van der Waals surface area (Å²) in [6.07, 6.45) is 2.63. The topological polar surface area (TPSA) is 71.3 Å². The molecule has 0 spiro atoms. The number of hydrogen-bond acceptors (Lipinski definition) is 2. The minimum atomic E-state index is -0.963. The van der Waals surface area contributed by atoms with Crippen molar-refractivity contribution in [3.05, 3.63) is 36.0 Å². The van der Waals surface area contributed by atoms with Crippen molar-refractivity contribution in [3.63, 3.8) is 0 Å². The lowest BCUT2D eigenvalue weighted by atomic mass is 10.1. The van der Waals surface area contributed by atoms with E-state index in [2.05, 4.69) is 5.32 Å². The van der Waals surface area contributed by atoms with E-state index in [1.807, 2.05) is 26.8 Å². The number of nitrogens with one attached hydrogen (secondary N) is 1. The number of hydrogen-bond donors (Lipinski definition) is 2. The van der Waals surface area contributed by atoms with Gasteiger partial charge in [-0.25, -0.2) is 4.79 Å². The number of aromatic carboxylic acids is 1. The van der Waals surface area contributed by atoms with Crippen molar-refractivity contribution in [1.82, 2.24) is 9.88 Å². The highest BCUT2D eigenvalue weighted by Gasteiger charge is 2.19. The number of rotatable bonds is 5. The summed E-state index contributed by atoms with van der Waals surface area (Å²) < 4.78 is 1.81. The van der Waals surface area contributed by atoms with Crippen LogP contribution in [0.1, 0.15) is 43.6 Å². The molecule has 5 heteroatoms. The Hall–Kier alpha value is -2.30. The Bertz CT molecular complexity index is 675. The molecule has 0 radical (unpaired) electrons. The molecule has 0 aliphatic heterocycles. The monoisotopic (exact) mass is 288 g/mol. The SMILES string of the molecule is CCC(C)NC(=O)C(C)n1ccc2c(C(=O)O)cccc21. The lowest BCUT2D eigenvalue weighted by Gasteiger charge is -2.18. The van der Waals surface area contributed by atoms with E-state index in [1.165, 1.54) is 0 Å². The zero-order valence-electron chi connectivity index (χ0n) is 12.5. The van der Waals surface area contributed by atoms with E-state index in [0.717, 1.165) is 11.9 Å². The molecule has 2 rings (SSSR count). The highest BCUT2D eigenvalue weighted by Crippen LogP contribution is 2.23. The standard InChI is InChI=1S/C16H20N2O3/c1-4-10(2)17-15(19)11(3)18-9-8-12-13(16(20)21)6-5-7-14(12)18/h5-11H,4H2,1-3H3,(H,17,19)(H,20,21). The summed E-state index contributed by atoms with van der Waals surface area (Å²) in [5.41, 5.74) is 1.00. The molecule has 2 unspecified atom stereocenters. The number of nitrogens with zero attached hydrogens (tertiary/aromatic N) is 1. The first-order valence-electron chi connectivity index (χ1n) is 7.09. The molecule has 2 aromatic rings. The third kappa shape index (κ3) is 2.91. The molecule has 0 saturated heterocycles. The van der Waals surface area contributed by atoms with Gasteiger partial charge in [0.25, 0.3) is 0 Å². The Morgan fingerprint density at radius 1 is 1.29 bits per heavy atom. The minimum Gasteiger partial charge on any atom is -0.478 e. The Labute approximate surface area is 123 Å². The van der Waals surface area contributed by atoms with E-state index in [0.29, 0.717) is 5.39 Å². The maximum atomic E-state index is 12.2. The van der Waals surface area contributed by atoms with E-state index < -0.39 is 5.97 Å². The maximum absolute atomic E-state index is 12.2. The van der Waals surface area contributed by atoms with Crippen LogP contribution in [-0.4, -0.2) is 27.6 Å². The maximum Gasteiger partial charge on any atom is 0.336 e. The second-order valence-electron chi connectivity index (χ2n) is 5.26. The Morgan fingerprint density at radius 2 is 2.00 bits per heavy atom. The molecule has 5 nitrogen and oxygen atoms in total. The lowest BCUT2D eigenvalue weighted by molar-refractivity contribution is -0.124. The zero-order valence-corrected chi connectivity index (χ0v) is 12.5. The van der Waals surface area contributed by atoms with Crippen molar-refractivity contribution in [3.8, 4) is 0 Å². The quantitative estimate of drug-likeness (QED) is 0.888. The molecule has 21 heavy (non-hydrogen) atoms. The van der Waals surface area contributed by atoms with Crippen molar-refractivity contribution in [2.75, 3.05) is 0 Å². The Kier molecular flexibility index (Phi) is 4.31. The average Bonchev–Trinajstić information content (AvgIpc) is 2.89. The van der Waals surface area contributed by atoms with Crippen molar-refractivity contribution >= 4 is 22.8 Å². The highest BCUT2D eigenvalue weighted by atomic mass is 16.4. The summed E-state index contributed by atoms with van der Waals surface area (Å²) >= 11 is 0. The van der Waals surface area contributed by atoms with Gasteiger partial charge < -0.3 is 15.0 Å². The molecule has 0 saturated carbocycles. The third-order valence-corrected chi connectivity index (χ3v) is 3.79. The van der Waals surface area contributed by atoms with Crippen LogP contribution in [0, 0.1) is 0 Å². The van der Waals surface area contributed by atoms with Gasteiger partial charge in [-0.1, -0.05) is 13.0 Å².